The largest absolute Gasteiger partial charge is 0.469 e. The normalized spacial score (nSPS) is 40.0. The highest BCUT2D eigenvalue weighted by Crippen LogP contribution is 2.35. The summed E-state index contributed by atoms with van der Waals surface area (Å²) in [6.07, 6.45) is 1.21. The lowest BCUT2D eigenvalue weighted by atomic mass is 9.72. The highest BCUT2D eigenvalue weighted by atomic mass is 16.5. The van der Waals surface area contributed by atoms with Crippen molar-refractivity contribution in [2.45, 2.75) is 32.8 Å². The van der Waals surface area contributed by atoms with Gasteiger partial charge in [-0.25, -0.2) is 0 Å². The molecule has 0 radical (unpaired) electrons. The zero-order valence-corrected chi connectivity index (χ0v) is 8.49. The van der Waals surface area contributed by atoms with E-state index in [1.54, 1.807) is 0 Å². The van der Waals surface area contributed by atoms with Crippen LogP contribution in [-0.4, -0.2) is 24.3 Å². The second kappa shape index (κ2) is 4.09. The molecule has 0 spiro atoms. The minimum Gasteiger partial charge on any atom is -0.469 e. The summed E-state index contributed by atoms with van der Waals surface area (Å²) in [5.74, 6) is 0.253. The first-order valence-electron chi connectivity index (χ1n) is 4.83. The number of aliphatic hydroxyl groups excluding tert-OH is 1. The Morgan fingerprint density at radius 1 is 1.31 bits per heavy atom. The summed E-state index contributed by atoms with van der Waals surface area (Å²) in [5.41, 5.74) is 0. The molecule has 0 aromatic carbocycles. The quantitative estimate of drug-likeness (QED) is 0.626. The summed E-state index contributed by atoms with van der Waals surface area (Å²) in [6, 6.07) is 0. The van der Waals surface area contributed by atoms with Gasteiger partial charge in [-0.15, -0.1) is 0 Å². The molecule has 13 heavy (non-hydrogen) atoms. The molecule has 76 valence electrons. The predicted molar refractivity (Wildman–Crippen MR) is 49.1 cm³/mol. The second-order valence-electron chi connectivity index (χ2n) is 3.99. The maximum atomic E-state index is 11.3. The molecule has 1 N–H and O–H groups in total. The zero-order valence-electron chi connectivity index (χ0n) is 8.49. The van der Waals surface area contributed by atoms with Crippen molar-refractivity contribution in [3.05, 3.63) is 0 Å². The van der Waals surface area contributed by atoms with Crippen molar-refractivity contribution in [3.8, 4) is 0 Å². The van der Waals surface area contributed by atoms with Crippen molar-refractivity contribution in [3.63, 3.8) is 0 Å². The number of hydrogen-bond acceptors (Lipinski definition) is 3. The third-order valence-corrected chi connectivity index (χ3v) is 3.35. The molecule has 3 nitrogen and oxygen atoms in total. The van der Waals surface area contributed by atoms with Crippen LogP contribution in [-0.2, 0) is 9.53 Å². The third-order valence-electron chi connectivity index (χ3n) is 3.35. The average molecular weight is 186 g/mol. The van der Waals surface area contributed by atoms with Crippen LogP contribution in [0.15, 0.2) is 0 Å². The summed E-state index contributed by atoms with van der Waals surface area (Å²) in [4.78, 5) is 11.3. The Labute approximate surface area is 79.1 Å². The second-order valence-corrected chi connectivity index (χ2v) is 3.99. The van der Waals surface area contributed by atoms with Gasteiger partial charge < -0.3 is 9.84 Å². The van der Waals surface area contributed by atoms with Crippen LogP contribution in [0.5, 0.6) is 0 Å². The Hall–Kier alpha value is -0.570. The minimum atomic E-state index is -0.254. The first kappa shape index (κ1) is 10.5. The van der Waals surface area contributed by atoms with E-state index in [0.717, 1.165) is 6.42 Å². The fourth-order valence-electron chi connectivity index (χ4n) is 2.08. The number of hydrogen-bond donors (Lipinski definition) is 1. The Balaban J connectivity index is 2.63. The lowest BCUT2D eigenvalue weighted by Gasteiger charge is -2.35. The molecule has 0 aromatic rings. The van der Waals surface area contributed by atoms with Crippen LogP contribution in [0.4, 0.5) is 0 Å². The average Bonchev–Trinajstić information content (AvgIpc) is 2.13. The van der Waals surface area contributed by atoms with Gasteiger partial charge in [0.2, 0.25) is 0 Å². The van der Waals surface area contributed by atoms with E-state index in [9.17, 15) is 9.90 Å². The maximum absolute atomic E-state index is 11.3. The van der Waals surface area contributed by atoms with Crippen LogP contribution < -0.4 is 0 Å². The van der Waals surface area contributed by atoms with Gasteiger partial charge in [0.1, 0.15) is 0 Å². The van der Waals surface area contributed by atoms with E-state index in [1.807, 2.05) is 13.8 Å². The lowest BCUT2D eigenvalue weighted by molar-refractivity contribution is -0.151. The van der Waals surface area contributed by atoms with E-state index < -0.39 is 0 Å². The van der Waals surface area contributed by atoms with Crippen molar-refractivity contribution in [1.82, 2.24) is 0 Å². The fourth-order valence-corrected chi connectivity index (χ4v) is 2.08. The third kappa shape index (κ3) is 2.02. The molecule has 0 saturated heterocycles. The summed E-state index contributed by atoms with van der Waals surface area (Å²) >= 11 is 0. The number of methoxy groups -OCH3 is 1. The molecule has 4 atom stereocenters. The van der Waals surface area contributed by atoms with E-state index in [2.05, 4.69) is 0 Å². The van der Waals surface area contributed by atoms with E-state index in [1.165, 1.54) is 7.11 Å². The lowest BCUT2D eigenvalue weighted by Crippen LogP contribution is -2.38. The Morgan fingerprint density at radius 2 is 1.92 bits per heavy atom. The standard InChI is InChI=1S/C10H18O3/c1-6-7(2)9(11)5-4-8(6)10(12)13-3/h6-9,11H,4-5H2,1-3H3/t6-,7+,8+,9-/m1/s1. The highest BCUT2D eigenvalue weighted by molar-refractivity contribution is 5.72. The van der Waals surface area contributed by atoms with Crippen LogP contribution in [0, 0.1) is 17.8 Å². The van der Waals surface area contributed by atoms with Gasteiger partial charge in [0, 0.05) is 0 Å². The number of aliphatic hydroxyl groups is 1. The van der Waals surface area contributed by atoms with Crippen molar-refractivity contribution >= 4 is 5.97 Å². The first-order valence-corrected chi connectivity index (χ1v) is 4.83. The van der Waals surface area contributed by atoms with Crippen LogP contribution in [0.25, 0.3) is 0 Å². The molecule has 0 unspecified atom stereocenters. The van der Waals surface area contributed by atoms with Gasteiger partial charge in [0.15, 0.2) is 0 Å². The summed E-state index contributed by atoms with van der Waals surface area (Å²) in [5, 5.41) is 9.57. The van der Waals surface area contributed by atoms with Crippen LogP contribution in [0.1, 0.15) is 26.7 Å². The van der Waals surface area contributed by atoms with Crippen LogP contribution in [0.3, 0.4) is 0 Å². The smallest absolute Gasteiger partial charge is 0.308 e. The summed E-state index contributed by atoms with van der Waals surface area (Å²) < 4.78 is 4.72. The van der Waals surface area contributed by atoms with Gasteiger partial charge in [-0.2, -0.15) is 0 Å². The van der Waals surface area contributed by atoms with E-state index in [-0.39, 0.29) is 29.8 Å². The molecule has 1 fully saturated rings. The zero-order chi connectivity index (χ0) is 10.0. The van der Waals surface area contributed by atoms with E-state index >= 15 is 0 Å². The van der Waals surface area contributed by atoms with Crippen LogP contribution >= 0.6 is 0 Å². The molecule has 1 aliphatic rings. The number of esters is 1. The minimum absolute atomic E-state index is 0.0246. The molecule has 0 bridgehead atoms. The molecule has 0 aromatic heterocycles. The molecule has 1 aliphatic carbocycles. The molecular weight excluding hydrogens is 168 g/mol. The van der Waals surface area contributed by atoms with Crippen LogP contribution in [0.2, 0.25) is 0 Å². The molecular formula is C10H18O3. The summed E-state index contributed by atoms with van der Waals surface area (Å²) in [7, 11) is 1.42. The predicted octanol–water partition coefficient (Wildman–Crippen LogP) is 1.20. The SMILES string of the molecule is COC(=O)[C@H]1CC[C@@H](O)[C@@H](C)[C@H]1C. The number of carbonyl (C=O) groups excluding carboxylic acids is 1. The van der Waals surface area contributed by atoms with Crippen molar-refractivity contribution in [1.29, 1.82) is 0 Å². The van der Waals surface area contributed by atoms with Gasteiger partial charge in [0.25, 0.3) is 0 Å². The van der Waals surface area contributed by atoms with E-state index in [4.69, 9.17) is 4.74 Å². The van der Waals surface area contributed by atoms with Gasteiger partial charge in [-0.3, -0.25) is 4.79 Å². The Morgan fingerprint density at radius 3 is 2.46 bits per heavy atom. The highest BCUT2D eigenvalue weighted by Gasteiger charge is 2.37. The van der Waals surface area contributed by atoms with Gasteiger partial charge in [-0.1, -0.05) is 13.8 Å². The van der Waals surface area contributed by atoms with Crippen molar-refractivity contribution in [2.75, 3.05) is 7.11 Å². The van der Waals surface area contributed by atoms with Crippen molar-refractivity contribution in [2.24, 2.45) is 17.8 Å². The summed E-state index contributed by atoms with van der Waals surface area (Å²) in [6.45, 7) is 4.00. The van der Waals surface area contributed by atoms with E-state index in [0.29, 0.717) is 6.42 Å². The molecule has 0 amide bonds. The fraction of sp³-hybridized carbons (Fsp3) is 0.900. The van der Waals surface area contributed by atoms with Gasteiger partial charge in [-0.05, 0) is 24.7 Å². The Bertz CT molecular complexity index is 191. The van der Waals surface area contributed by atoms with Crippen molar-refractivity contribution < 1.29 is 14.6 Å². The molecule has 3 heteroatoms. The maximum Gasteiger partial charge on any atom is 0.308 e. The molecule has 1 saturated carbocycles. The van der Waals surface area contributed by atoms with Gasteiger partial charge >= 0.3 is 5.97 Å². The first-order chi connectivity index (χ1) is 6.07. The monoisotopic (exact) mass is 186 g/mol. The molecule has 1 rings (SSSR count). The number of rotatable bonds is 1. The number of carbonyl (C=O) groups is 1. The molecule has 0 heterocycles. The number of ether oxygens (including phenoxy) is 1. The molecule has 0 aliphatic heterocycles. The topological polar surface area (TPSA) is 46.5 Å². The van der Waals surface area contributed by atoms with Gasteiger partial charge in [0.05, 0.1) is 19.1 Å². The Kier molecular flexibility index (Phi) is 3.31.